The molecule has 0 radical (unpaired) electrons. The molecule has 0 spiro atoms. The molecule has 2 rings (SSSR count). The predicted octanol–water partition coefficient (Wildman–Crippen LogP) is 2.59. The molecule has 0 aromatic carbocycles. The van der Waals surface area contributed by atoms with E-state index >= 15 is 0 Å². The van der Waals surface area contributed by atoms with Crippen molar-refractivity contribution in [3.05, 3.63) is 0 Å². The van der Waals surface area contributed by atoms with Crippen LogP contribution in [0.1, 0.15) is 47.0 Å². The van der Waals surface area contributed by atoms with E-state index in [1.165, 1.54) is 12.8 Å². The first-order valence-electron chi connectivity index (χ1n) is 7.51. The Hall–Kier alpha value is -0.120. The van der Waals surface area contributed by atoms with Crippen LogP contribution in [0.2, 0.25) is 0 Å². The summed E-state index contributed by atoms with van der Waals surface area (Å²) in [7, 11) is 0. The summed E-state index contributed by atoms with van der Waals surface area (Å²) in [4.78, 5) is 0. The third kappa shape index (κ3) is 2.89. The van der Waals surface area contributed by atoms with Gasteiger partial charge in [-0.25, -0.2) is 0 Å². The summed E-state index contributed by atoms with van der Waals surface area (Å²) in [5.41, 5.74) is 0.273. The minimum atomic E-state index is 0.273. The molecule has 3 heteroatoms. The first-order valence-corrected chi connectivity index (χ1v) is 7.51. The highest BCUT2D eigenvalue weighted by Gasteiger charge is 2.49. The monoisotopic (exact) mass is 255 g/mol. The summed E-state index contributed by atoms with van der Waals surface area (Å²) >= 11 is 0. The van der Waals surface area contributed by atoms with Gasteiger partial charge in [0.05, 0.1) is 6.10 Å². The molecular weight excluding hydrogens is 226 g/mol. The van der Waals surface area contributed by atoms with Gasteiger partial charge in [-0.3, -0.25) is 0 Å². The van der Waals surface area contributed by atoms with Crippen LogP contribution in [0.5, 0.6) is 0 Å². The molecule has 2 fully saturated rings. The van der Waals surface area contributed by atoms with Gasteiger partial charge in [0.2, 0.25) is 0 Å². The van der Waals surface area contributed by atoms with E-state index in [4.69, 9.17) is 9.47 Å². The molecule has 106 valence electrons. The van der Waals surface area contributed by atoms with Crippen LogP contribution in [0, 0.1) is 11.3 Å². The van der Waals surface area contributed by atoms with Gasteiger partial charge in [0, 0.05) is 37.3 Å². The zero-order valence-corrected chi connectivity index (χ0v) is 12.4. The highest BCUT2D eigenvalue weighted by Crippen LogP contribution is 2.43. The first-order chi connectivity index (χ1) is 8.55. The standard InChI is InChI=1S/C15H29NO2/c1-5-18-14-10-13(15(14,3)4)16-11(2)12-6-8-17-9-7-12/h11-14,16H,5-10H2,1-4H3. The summed E-state index contributed by atoms with van der Waals surface area (Å²) in [5, 5.41) is 3.83. The van der Waals surface area contributed by atoms with Gasteiger partial charge in [-0.05, 0) is 39.0 Å². The zero-order chi connectivity index (χ0) is 13.2. The highest BCUT2D eigenvalue weighted by molar-refractivity contribution is 5.03. The maximum Gasteiger partial charge on any atom is 0.0655 e. The van der Waals surface area contributed by atoms with Crippen molar-refractivity contribution in [1.29, 1.82) is 0 Å². The van der Waals surface area contributed by atoms with Gasteiger partial charge in [-0.1, -0.05) is 13.8 Å². The minimum Gasteiger partial charge on any atom is -0.381 e. The summed E-state index contributed by atoms with van der Waals surface area (Å²) in [6.45, 7) is 11.8. The van der Waals surface area contributed by atoms with Crippen molar-refractivity contribution in [3.63, 3.8) is 0 Å². The van der Waals surface area contributed by atoms with Crippen LogP contribution < -0.4 is 5.32 Å². The van der Waals surface area contributed by atoms with E-state index < -0.39 is 0 Å². The molecule has 18 heavy (non-hydrogen) atoms. The SMILES string of the molecule is CCOC1CC(NC(C)C2CCOCC2)C1(C)C. The molecule has 3 atom stereocenters. The molecule has 0 aromatic rings. The molecule has 1 aliphatic heterocycles. The van der Waals surface area contributed by atoms with Gasteiger partial charge < -0.3 is 14.8 Å². The Balaban J connectivity index is 1.79. The molecule has 0 aromatic heterocycles. The van der Waals surface area contributed by atoms with E-state index in [1.54, 1.807) is 0 Å². The van der Waals surface area contributed by atoms with Crippen LogP contribution in [0.25, 0.3) is 0 Å². The van der Waals surface area contributed by atoms with Crippen molar-refractivity contribution in [2.75, 3.05) is 19.8 Å². The van der Waals surface area contributed by atoms with Crippen molar-refractivity contribution in [2.24, 2.45) is 11.3 Å². The Morgan fingerprint density at radius 3 is 2.56 bits per heavy atom. The third-order valence-electron chi connectivity index (χ3n) is 4.98. The lowest BCUT2D eigenvalue weighted by Gasteiger charge is -2.53. The molecule has 2 aliphatic rings. The quantitative estimate of drug-likeness (QED) is 0.819. The van der Waals surface area contributed by atoms with Crippen molar-refractivity contribution >= 4 is 0 Å². The highest BCUT2D eigenvalue weighted by atomic mass is 16.5. The van der Waals surface area contributed by atoms with Gasteiger partial charge in [-0.15, -0.1) is 0 Å². The average Bonchev–Trinajstić information content (AvgIpc) is 2.38. The van der Waals surface area contributed by atoms with E-state index in [-0.39, 0.29) is 5.41 Å². The average molecular weight is 255 g/mol. The van der Waals surface area contributed by atoms with E-state index in [0.29, 0.717) is 18.2 Å². The van der Waals surface area contributed by atoms with Gasteiger partial charge in [-0.2, -0.15) is 0 Å². The van der Waals surface area contributed by atoms with Crippen LogP contribution in [0.3, 0.4) is 0 Å². The van der Waals surface area contributed by atoms with Gasteiger partial charge in [0.25, 0.3) is 0 Å². The summed E-state index contributed by atoms with van der Waals surface area (Å²) in [5.74, 6) is 0.778. The normalized spacial score (nSPS) is 34.0. The lowest BCUT2D eigenvalue weighted by molar-refractivity contribution is -0.118. The van der Waals surface area contributed by atoms with Crippen molar-refractivity contribution < 1.29 is 9.47 Å². The Labute approximate surface area is 112 Å². The summed E-state index contributed by atoms with van der Waals surface area (Å²) in [6, 6.07) is 1.20. The van der Waals surface area contributed by atoms with E-state index in [2.05, 4.69) is 33.0 Å². The lowest BCUT2D eigenvalue weighted by Crippen LogP contribution is -2.63. The maximum atomic E-state index is 5.79. The van der Waals surface area contributed by atoms with Crippen LogP contribution in [0.15, 0.2) is 0 Å². The molecule has 0 amide bonds. The fourth-order valence-electron chi connectivity index (χ4n) is 3.32. The molecule has 1 aliphatic carbocycles. The Morgan fingerprint density at radius 2 is 2.00 bits per heavy atom. The maximum absolute atomic E-state index is 5.79. The number of rotatable bonds is 5. The van der Waals surface area contributed by atoms with Gasteiger partial charge in [0.15, 0.2) is 0 Å². The minimum absolute atomic E-state index is 0.273. The molecular formula is C15H29NO2. The number of hydrogen-bond donors (Lipinski definition) is 1. The molecule has 1 heterocycles. The molecule has 3 nitrogen and oxygen atoms in total. The van der Waals surface area contributed by atoms with E-state index in [0.717, 1.165) is 32.2 Å². The first kappa shape index (κ1) is 14.3. The van der Waals surface area contributed by atoms with Crippen molar-refractivity contribution in [2.45, 2.75) is 65.1 Å². The van der Waals surface area contributed by atoms with Crippen molar-refractivity contribution in [3.8, 4) is 0 Å². The van der Waals surface area contributed by atoms with Gasteiger partial charge in [0.1, 0.15) is 0 Å². The molecule has 1 saturated heterocycles. The second-order valence-electron chi connectivity index (χ2n) is 6.46. The van der Waals surface area contributed by atoms with Crippen LogP contribution >= 0.6 is 0 Å². The zero-order valence-electron chi connectivity index (χ0n) is 12.4. The molecule has 0 bridgehead atoms. The Bertz CT molecular complexity index is 261. The molecule has 1 saturated carbocycles. The molecule has 3 unspecified atom stereocenters. The van der Waals surface area contributed by atoms with Crippen LogP contribution in [0.4, 0.5) is 0 Å². The number of nitrogens with one attached hydrogen (secondary N) is 1. The smallest absolute Gasteiger partial charge is 0.0655 e. The van der Waals surface area contributed by atoms with Gasteiger partial charge >= 0.3 is 0 Å². The fraction of sp³-hybridized carbons (Fsp3) is 1.00. The Morgan fingerprint density at radius 1 is 1.33 bits per heavy atom. The van der Waals surface area contributed by atoms with E-state index in [1.807, 2.05) is 0 Å². The second kappa shape index (κ2) is 5.89. The topological polar surface area (TPSA) is 30.5 Å². The predicted molar refractivity (Wildman–Crippen MR) is 73.7 cm³/mol. The Kier molecular flexibility index (Phi) is 4.68. The van der Waals surface area contributed by atoms with Crippen LogP contribution in [-0.2, 0) is 9.47 Å². The van der Waals surface area contributed by atoms with E-state index in [9.17, 15) is 0 Å². The summed E-state index contributed by atoms with van der Waals surface area (Å²) in [6.07, 6.45) is 4.00. The fourth-order valence-corrected chi connectivity index (χ4v) is 3.32. The largest absolute Gasteiger partial charge is 0.381 e. The number of hydrogen-bond acceptors (Lipinski definition) is 3. The number of ether oxygens (including phenoxy) is 2. The second-order valence-corrected chi connectivity index (χ2v) is 6.46. The molecule has 1 N–H and O–H groups in total. The lowest BCUT2D eigenvalue weighted by atomic mass is 9.64. The van der Waals surface area contributed by atoms with Crippen molar-refractivity contribution in [1.82, 2.24) is 5.32 Å². The van der Waals surface area contributed by atoms with Crippen LogP contribution in [-0.4, -0.2) is 38.0 Å². The summed E-state index contributed by atoms with van der Waals surface area (Å²) < 4.78 is 11.2. The third-order valence-corrected chi connectivity index (χ3v) is 4.98.